The molecule has 7 heteroatoms. The zero-order valence-corrected chi connectivity index (χ0v) is 19.3. The molecule has 4 rings (SSSR count). The number of ether oxygens (including phenoxy) is 3. The summed E-state index contributed by atoms with van der Waals surface area (Å²) in [6, 6.07) is 14.7. The lowest BCUT2D eigenvalue weighted by Gasteiger charge is -2.21. The van der Waals surface area contributed by atoms with Crippen molar-refractivity contribution in [3.63, 3.8) is 0 Å². The lowest BCUT2D eigenvalue weighted by atomic mass is 9.83. The molecule has 0 saturated heterocycles. The van der Waals surface area contributed by atoms with E-state index in [0.717, 1.165) is 0 Å². The largest absolute Gasteiger partial charge is 0.490 e. The Balaban J connectivity index is 1.73. The van der Waals surface area contributed by atoms with Gasteiger partial charge in [0.15, 0.2) is 23.1 Å². The number of rotatable bonds is 8. The lowest BCUT2D eigenvalue weighted by Crippen LogP contribution is -2.24. The molecule has 0 aromatic heterocycles. The van der Waals surface area contributed by atoms with Crippen molar-refractivity contribution in [3.8, 4) is 17.2 Å². The quantitative estimate of drug-likeness (QED) is 0.403. The predicted octanol–water partition coefficient (Wildman–Crippen LogP) is 4.91. The maximum Gasteiger partial charge on any atom is 0.255 e. The molecule has 0 fully saturated rings. The molecule has 3 aromatic rings. The highest BCUT2D eigenvalue weighted by atomic mass is 16.5. The Kier molecular flexibility index (Phi) is 6.63. The molecule has 174 valence electrons. The van der Waals surface area contributed by atoms with Crippen molar-refractivity contribution < 1.29 is 28.6 Å². The molecule has 0 spiro atoms. The summed E-state index contributed by atoms with van der Waals surface area (Å²) >= 11 is 0. The van der Waals surface area contributed by atoms with Crippen LogP contribution in [-0.4, -0.2) is 37.3 Å². The molecule has 3 aromatic carbocycles. The zero-order valence-electron chi connectivity index (χ0n) is 19.3. The van der Waals surface area contributed by atoms with Crippen molar-refractivity contribution >= 4 is 23.2 Å². The smallest absolute Gasteiger partial charge is 0.255 e. The van der Waals surface area contributed by atoms with Gasteiger partial charge < -0.3 is 19.5 Å². The van der Waals surface area contributed by atoms with Gasteiger partial charge in [-0.2, -0.15) is 0 Å². The van der Waals surface area contributed by atoms with E-state index in [-0.39, 0.29) is 33.9 Å². The minimum Gasteiger partial charge on any atom is -0.490 e. The van der Waals surface area contributed by atoms with Crippen LogP contribution in [0.3, 0.4) is 0 Å². The highest BCUT2D eigenvalue weighted by Crippen LogP contribution is 2.39. The number of carbonyl (C=O) groups is 3. The minimum absolute atomic E-state index is 0.181. The van der Waals surface area contributed by atoms with Crippen LogP contribution >= 0.6 is 0 Å². The number of nitrogens with one attached hydrogen (secondary N) is 1. The molecule has 0 heterocycles. The molecule has 0 bridgehead atoms. The van der Waals surface area contributed by atoms with Gasteiger partial charge in [0, 0.05) is 22.3 Å². The molecule has 1 aliphatic carbocycles. The summed E-state index contributed by atoms with van der Waals surface area (Å²) in [5, 5.41) is 2.79. The maximum absolute atomic E-state index is 13.3. The number of hydrogen-bond donors (Lipinski definition) is 1. The van der Waals surface area contributed by atoms with Crippen LogP contribution < -0.4 is 19.5 Å². The first kappa shape index (κ1) is 23.0. The van der Waals surface area contributed by atoms with E-state index in [4.69, 9.17) is 14.2 Å². The van der Waals surface area contributed by atoms with Gasteiger partial charge in [-0.1, -0.05) is 36.4 Å². The first-order chi connectivity index (χ1) is 16.5. The topological polar surface area (TPSA) is 90.9 Å². The predicted molar refractivity (Wildman–Crippen MR) is 128 cm³/mol. The fourth-order valence-corrected chi connectivity index (χ4v) is 3.96. The van der Waals surface area contributed by atoms with Crippen LogP contribution in [0.5, 0.6) is 17.2 Å². The van der Waals surface area contributed by atoms with Crippen LogP contribution in [0.1, 0.15) is 63.0 Å². The third-order valence-corrected chi connectivity index (χ3v) is 5.37. The Hall–Kier alpha value is -4.13. The Morgan fingerprint density at radius 2 is 1.29 bits per heavy atom. The van der Waals surface area contributed by atoms with Crippen molar-refractivity contribution in [3.05, 3.63) is 82.4 Å². The summed E-state index contributed by atoms with van der Waals surface area (Å²) < 4.78 is 17.1. The summed E-state index contributed by atoms with van der Waals surface area (Å²) in [7, 11) is 0. The SMILES string of the molecule is CCOc1cc(C(=O)Nc2cccc3c2C(=O)c2ccccc2C3=O)cc(OCC)c1OCC. The number of benzene rings is 3. The molecule has 0 aliphatic heterocycles. The van der Waals surface area contributed by atoms with E-state index in [1.807, 2.05) is 20.8 Å². The average molecular weight is 459 g/mol. The fraction of sp³-hybridized carbons (Fsp3) is 0.222. The van der Waals surface area contributed by atoms with E-state index in [0.29, 0.717) is 48.2 Å². The second kappa shape index (κ2) is 9.79. The van der Waals surface area contributed by atoms with Gasteiger partial charge in [0.05, 0.1) is 31.1 Å². The number of ketones is 2. The standard InChI is InChI=1S/C27H25NO6/c1-4-32-21-14-16(15-22(33-5-2)26(21)34-6-3)27(31)28-20-13-9-12-19-23(20)25(30)18-11-8-7-10-17(18)24(19)29/h7-15H,4-6H2,1-3H3,(H,28,31). The van der Waals surface area contributed by atoms with Gasteiger partial charge in [-0.25, -0.2) is 0 Å². The van der Waals surface area contributed by atoms with Gasteiger partial charge in [-0.3, -0.25) is 14.4 Å². The number of carbonyl (C=O) groups excluding carboxylic acids is 3. The number of anilines is 1. The molecule has 1 aliphatic rings. The van der Waals surface area contributed by atoms with Crippen LogP contribution in [0.25, 0.3) is 0 Å². The number of hydrogen-bond acceptors (Lipinski definition) is 6. The van der Waals surface area contributed by atoms with E-state index in [2.05, 4.69) is 5.32 Å². The summed E-state index contributed by atoms with van der Waals surface area (Å²) in [4.78, 5) is 39.5. The van der Waals surface area contributed by atoms with E-state index in [1.165, 1.54) is 0 Å². The molecular formula is C27H25NO6. The summed E-state index contributed by atoms with van der Waals surface area (Å²) in [5.41, 5.74) is 1.65. The third kappa shape index (κ3) is 4.12. The van der Waals surface area contributed by atoms with Gasteiger partial charge in [-0.15, -0.1) is 0 Å². The minimum atomic E-state index is -0.475. The normalized spacial score (nSPS) is 12.0. The molecule has 0 atom stereocenters. The van der Waals surface area contributed by atoms with Crippen molar-refractivity contribution in [1.82, 2.24) is 0 Å². The number of amides is 1. The number of fused-ring (bicyclic) bond motifs is 2. The summed E-state index contributed by atoms with van der Waals surface area (Å²) in [5.74, 6) is 0.165. The van der Waals surface area contributed by atoms with Crippen LogP contribution in [-0.2, 0) is 0 Å². The van der Waals surface area contributed by atoms with E-state index < -0.39 is 5.91 Å². The van der Waals surface area contributed by atoms with Crippen molar-refractivity contribution in [2.45, 2.75) is 20.8 Å². The van der Waals surface area contributed by atoms with Gasteiger partial charge in [0.2, 0.25) is 5.75 Å². The molecule has 7 nitrogen and oxygen atoms in total. The highest BCUT2D eigenvalue weighted by Gasteiger charge is 2.32. The molecular weight excluding hydrogens is 434 g/mol. The highest BCUT2D eigenvalue weighted by molar-refractivity contribution is 6.30. The molecule has 1 amide bonds. The van der Waals surface area contributed by atoms with Crippen LogP contribution in [0.2, 0.25) is 0 Å². The van der Waals surface area contributed by atoms with Gasteiger partial charge >= 0.3 is 0 Å². The van der Waals surface area contributed by atoms with Crippen LogP contribution in [0, 0.1) is 0 Å². The first-order valence-corrected chi connectivity index (χ1v) is 11.2. The zero-order chi connectivity index (χ0) is 24.2. The fourth-order valence-electron chi connectivity index (χ4n) is 3.96. The first-order valence-electron chi connectivity index (χ1n) is 11.2. The molecule has 1 N–H and O–H groups in total. The van der Waals surface area contributed by atoms with Crippen molar-refractivity contribution in [2.24, 2.45) is 0 Å². The van der Waals surface area contributed by atoms with E-state index in [1.54, 1.807) is 54.6 Å². The maximum atomic E-state index is 13.3. The van der Waals surface area contributed by atoms with Gasteiger partial charge in [-0.05, 0) is 39.0 Å². The molecule has 0 radical (unpaired) electrons. The van der Waals surface area contributed by atoms with E-state index >= 15 is 0 Å². The molecule has 34 heavy (non-hydrogen) atoms. The average Bonchev–Trinajstić information content (AvgIpc) is 2.84. The Labute approximate surface area is 197 Å². The van der Waals surface area contributed by atoms with E-state index in [9.17, 15) is 14.4 Å². The monoisotopic (exact) mass is 459 g/mol. The summed E-state index contributed by atoms with van der Waals surface area (Å²) in [6.45, 7) is 6.66. The van der Waals surface area contributed by atoms with Crippen molar-refractivity contribution in [1.29, 1.82) is 0 Å². The Morgan fingerprint density at radius 3 is 1.88 bits per heavy atom. The molecule has 0 saturated carbocycles. The lowest BCUT2D eigenvalue weighted by molar-refractivity contribution is 0.0978. The summed E-state index contributed by atoms with van der Waals surface area (Å²) in [6.07, 6.45) is 0. The van der Waals surface area contributed by atoms with Crippen molar-refractivity contribution in [2.75, 3.05) is 25.1 Å². The second-order valence-electron chi connectivity index (χ2n) is 7.49. The second-order valence-corrected chi connectivity index (χ2v) is 7.49. The Bertz CT molecular complexity index is 1250. The Morgan fingerprint density at radius 1 is 0.735 bits per heavy atom. The van der Waals surface area contributed by atoms with Crippen LogP contribution in [0.15, 0.2) is 54.6 Å². The van der Waals surface area contributed by atoms with Gasteiger partial charge in [0.1, 0.15) is 0 Å². The van der Waals surface area contributed by atoms with Gasteiger partial charge in [0.25, 0.3) is 5.91 Å². The van der Waals surface area contributed by atoms with Crippen LogP contribution in [0.4, 0.5) is 5.69 Å². The molecule has 0 unspecified atom stereocenters. The third-order valence-electron chi connectivity index (χ3n) is 5.37.